The van der Waals surface area contributed by atoms with E-state index in [1.54, 1.807) is 31.4 Å². The molecule has 3 aromatic rings. The zero-order valence-corrected chi connectivity index (χ0v) is 15.1. The van der Waals surface area contributed by atoms with E-state index in [0.717, 1.165) is 5.56 Å². The fourth-order valence-electron chi connectivity index (χ4n) is 2.48. The third-order valence-electron chi connectivity index (χ3n) is 3.86. The lowest BCUT2D eigenvalue weighted by molar-refractivity contribution is 0.0991. The minimum absolute atomic E-state index is 0.156. The number of rotatable bonds is 4. The first-order valence-corrected chi connectivity index (χ1v) is 8.15. The summed E-state index contributed by atoms with van der Waals surface area (Å²) in [6.45, 7) is 1.96. The molecule has 0 aliphatic rings. The molecule has 3 N–H and O–H groups in total. The van der Waals surface area contributed by atoms with Gasteiger partial charge in [-0.3, -0.25) is 14.8 Å². The van der Waals surface area contributed by atoms with Crippen molar-refractivity contribution in [3.63, 3.8) is 0 Å². The summed E-state index contributed by atoms with van der Waals surface area (Å²) >= 11 is 5.54. The van der Waals surface area contributed by atoms with E-state index in [-0.39, 0.29) is 16.0 Å². The number of primary amides is 1. The summed E-state index contributed by atoms with van der Waals surface area (Å²) in [6.07, 6.45) is 0. The Labute approximate surface area is 154 Å². The second-order valence-corrected chi connectivity index (χ2v) is 5.99. The van der Waals surface area contributed by atoms with Crippen LogP contribution in [0.3, 0.4) is 0 Å². The highest BCUT2D eigenvalue weighted by molar-refractivity contribution is 7.71. The van der Waals surface area contributed by atoms with Gasteiger partial charge in [-0.1, -0.05) is 17.7 Å². The third kappa shape index (κ3) is 3.14. The highest BCUT2D eigenvalue weighted by Gasteiger charge is 2.15. The van der Waals surface area contributed by atoms with E-state index < -0.39 is 5.91 Å². The van der Waals surface area contributed by atoms with E-state index >= 15 is 0 Å². The highest BCUT2D eigenvalue weighted by atomic mass is 32.1. The van der Waals surface area contributed by atoms with Gasteiger partial charge in [-0.2, -0.15) is 5.10 Å². The van der Waals surface area contributed by atoms with Crippen molar-refractivity contribution in [2.75, 3.05) is 7.11 Å². The van der Waals surface area contributed by atoms with Crippen molar-refractivity contribution in [3.8, 4) is 17.1 Å². The minimum atomic E-state index is -0.798. The van der Waals surface area contributed by atoms with Crippen molar-refractivity contribution in [3.05, 3.63) is 70.0 Å². The van der Waals surface area contributed by atoms with Crippen LogP contribution in [0.1, 0.15) is 16.1 Å². The number of nitrogens with one attached hydrogen (secondary N) is 1. The average molecular weight is 367 g/mol. The van der Waals surface area contributed by atoms with Crippen molar-refractivity contribution in [1.29, 1.82) is 5.41 Å². The van der Waals surface area contributed by atoms with Crippen LogP contribution in [-0.4, -0.2) is 27.4 Å². The molecule has 0 unspecified atom stereocenters. The molecule has 3 rings (SSSR count). The van der Waals surface area contributed by atoms with E-state index in [9.17, 15) is 4.79 Å². The summed E-state index contributed by atoms with van der Waals surface area (Å²) in [4.78, 5) is 11.8. The van der Waals surface area contributed by atoms with Crippen LogP contribution in [0.25, 0.3) is 11.4 Å². The maximum atomic E-state index is 11.8. The van der Waals surface area contributed by atoms with Gasteiger partial charge in [-0.05, 0) is 55.5 Å². The molecule has 26 heavy (non-hydrogen) atoms. The summed E-state index contributed by atoms with van der Waals surface area (Å²) in [5.74, 6) is -0.118. The quantitative estimate of drug-likeness (QED) is 0.691. The van der Waals surface area contributed by atoms with E-state index in [1.807, 2.05) is 31.2 Å². The first kappa shape index (κ1) is 17.6. The standard InChI is InChI=1S/C18H17N5O2S/c1-11-3-5-12(6-4-11)22-16(19)15(17(20)24)21-23(18(22)26)13-7-9-14(25-2)10-8-13/h3-10,19H,1-2H3,(H2,20,24). The first-order valence-electron chi connectivity index (χ1n) is 7.74. The van der Waals surface area contributed by atoms with E-state index in [0.29, 0.717) is 17.1 Å². The smallest absolute Gasteiger partial charge is 0.273 e. The Hall–Kier alpha value is -3.26. The molecule has 0 saturated heterocycles. The van der Waals surface area contributed by atoms with E-state index in [4.69, 9.17) is 28.1 Å². The summed E-state index contributed by atoms with van der Waals surface area (Å²) in [6, 6.07) is 14.5. The van der Waals surface area contributed by atoms with Gasteiger partial charge in [0, 0.05) is 5.69 Å². The van der Waals surface area contributed by atoms with Crippen molar-refractivity contribution >= 4 is 18.1 Å². The van der Waals surface area contributed by atoms with Crippen molar-refractivity contribution < 1.29 is 9.53 Å². The lowest BCUT2D eigenvalue weighted by Gasteiger charge is -2.14. The molecule has 0 spiro atoms. The molecule has 1 aromatic heterocycles. The molecule has 0 bridgehead atoms. The zero-order valence-electron chi connectivity index (χ0n) is 14.3. The number of carbonyl (C=O) groups excluding carboxylic acids is 1. The number of ether oxygens (including phenoxy) is 1. The number of hydrogen-bond donors (Lipinski definition) is 2. The monoisotopic (exact) mass is 367 g/mol. The Morgan fingerprint density at radius 1 is 1.12 bits per heavy atom. The van der Waals surface area contributed by atoms with Gasteiger partial charge in [0.05, 0.1) is 12.8 Å². The Bertz CT molecular complexity index is 1080. The van der Waals surface area contributed by atoms with Crippen LogP contribution in [0.2, 0.25) is 0 Å². The van der Waals surface area contributed by atoms with Gasteiger partial charge >= 0.3 is 0 Å². The molecule has 1 amide bonds. The van der Waals surface area contributed by atoms with Gasteiger partial charge in [0.2, 0.25) is 4.77 Å². The number of hydrogen-bond acceptors (Lipinski definition) is 5. The molecule has 8 heteroatoms. The van der Waals surface area contributed by atoms with Crippen LogP contribution in [0.5, 0.6) is 5.75 Å². The molecule has 0 fully saturated rings. The van der Waals surface area contributed by atoms with Gasteiger partial charge in [0.1, 0.15) is 5.75 Å². The fraction of sp³-hybridized carbons (Fsp3) is 0.111. The molecule has 7 nitrogen and oxygen atoms in total. The number of benzene rings is 2. The zero-order chi connectivity index (χ0) is 18.8. The topological polar surface area (TPSA) is 98.9 Å². The van der Waals surface area contributed by atoms with Crippen molar-refractivity contribution in [2.24, 2.45) is 5.73 Å². The Balaban J connectivity index is 2.32. The molecule has 1 heterocycles. The molecule has 0 aliphatic heterocycles. The lowest BCUT2D eigenvalue weighted by atomic mass is 10.2. The van der Waals surface area contributed by atoms with Crippen LogP contribution < -0.4 is 16.0 Å². The van der Waals surface area contributed by atoms with Crippen molar-refractivity contribution in [1.82, 2.24) is 14.3 Å². The Morgan fingerprint density at radius 2 is 1.69 bits per heavy atom. The van der Waals surface area contributed by atoms with Gasteiger partial charge in [-0.25, -0.2) is 4.68 Å². The Kier molecular flexibility index (Phi) is 4.68. The Morgan fingerprint density at radius 3 is 2.23 bits per heavy atom. The fourth-order valence-corrected chi connectivity index (χ4v) is 2.82. The van der Waals surface area contributed by atoms with Crippen LogP contribution in [0, 0.1) is 17.1 Å². The van der Waals surface area contributed by atoms with Gasteiger partial charge in [-0.15, -0.1) is 0 Å². The van der Waals surface area contributed by atoms with Crippen molar-refractivity contribution in [2.45, 2.75) is 6.92 Å². The molecule has 0 radical (unpaired) electrons. The number of nitrogens with zero attached hydrogens (tertiary/aromatic N) is 3. The minimum Gasteiger partial charge on any atom is -0.497 e. The molecular formula is C18H17N5O2S. The maximum absolute atomic E-state index is 11.8. The number of carbonyl (C=O) groups is 1. The van der Waals surface area contributed by atoms with Crippen LogP contribution in [0.4, 0.5) is 0 Å². The van der Waals surface area contributed by atoms with Gasteiger partial charge in [0.25, 0.3) is 5.91 Å². The van der Waals surface area contributed by atoms with Gasteiger partial charge in [0.15, 0.2) is 11.2 Å². The molecule has 0 saturated carbocycles. The number of nitrogens with two attached hydrogens (primary N) is 1. The lowest BCUT2D eigenvalue weighted by Crippen LogP contribution is -2.34. The summed E-state index contributed by atoms with van der Waals surface area (Å²) < 4.78 is 8.27. The largest absolute Gasteiger partial charge is 0.497 e. The molecule has 0 atom stereocenters. The SMILES string of the molecule is COc1ccc(-n2nc(C(N)=O)c(=N)n(-c3ccc(C)cc3)c2=S)cc1. The molecule has 2 aromatic carbocycles. The second kappa shape index (κ2) is 6.93. The number of aromatic nitrogens is 3. The molecular weight excluding hydrogens is 350 g/mol. The predicted molar refractivity (Wildman–Crippen MR) is 99.4 cm³/mol. The first-order chi connectivity index (χ1) is 12.4. The van der Waals surface area contributed by atoms with E-state index in [2.05, 4.69) is 5.10 Å². The average Bonchev–Trinajstić information content (AvgIpc) is 2.63. The normalized spacial score (nSPS) is 10.5. The third-order valence-corrected chi connectivity index (χ3v) is 4.22. The number of amides is 1. The summed E-state index contributed by atoms with van der Waals surface area (Å²) in [5.41, 5.74) is 7.44. The van der Waals surface area contributed by atoms with Crippen LogP contribution in [0.15, 0.2) is 48.5 Å². The number of methoxy groups -OCH3 is 1. The maximum Gasteiger partial charge on any atom is 0.273 e. The van der Waals surface area contributed by atoms with Crippen LogP contribution >= 0.6 is 12.2 Å². The summed E-state index contributed by atoms with van der Waals surface area (Å²) in [7, 11) is 1.57. The highest BCUT2D eigenvalue weighted by Crippen LogP contribution is 2.16. The van der Waals surface area contributed by atoms with Gasteiger partial charge < -0.3 is 10.5 Å². The van der Waals surface area contributed by atoms with Crippen LogP contribution in [-0.2, 0) is 0 Å². The van der Waals surface area contributed by atoms with E-state index in [1.165, 1.54) is 9.25 Å². The molecule has 132 valence electrons. The predicted octanol–water partition coefficient (Wildman–Crippen LogP) is 2.29. The second-order valence-electron chi connectivity index (χ2n) is 5.62. The number of aryl methyl sites for hydroxylation is 1. The molecule has 0 aliphatic carbocycles. The summed E-state index contributed by atoms with van der Waals surface area (Å²) in [5, 5.41) is 12.5.